The van der Waals surface area contributed by atoms with Crippen LogP contribution < -0.4 is 10.9 Å². The maximum absolute atomic E-state index is 11.5. The molecule has 9 heteroatoms. The highest BCUT2D eigenvalue weighted by molar-refractivity contribution is 5.88. The van der Waals surface area contributed by atoms with Gasteiger partial charge in [0.15, 0.2) is 0 Å². The first kappa shape index (κ1) is 17.1. The van der Waals surface area contributed by atoms with Crippen LogP contribution in [0.2, 0.25) is 0 Å². The second-order valence-corrected chi connectivity index (χ2v) is 5.61. The quantitative estimate of drug-likeness (QED) is 0.682. The highest BCUT2D eigenvalue weighted by Gasteiger charge is 2.12. The molecule has 3 heterocycles. The van der Waals surface area contributed by atoms with Crippen LogP contribution in [0, 0.1) is 0 Å². The molecule has 1 fully saturated rings. The van der Waals surface area contributed by atoms with E-state index in [9.17, 15) is 9.59 Å². The lowest BCUT2D eigenvalue weighted by molar-refractivity contribution is 0.0398. The molecule has 1 aliphatic rings. The van der Waals surface area contributed by atoms with E-state index in [2.05, 4.69) is 25.4 Å². The first-order chi connectivity index (χ1) is 12.1. The van der Waals surface area contributed by atoms with E-state index in [0.717, 1.165) is 39.4 Å². The number of nitrogens with one attached hydrogen (secondary N) is 2. The molecule has 1 aliphatic heterocycles. The number of carbonyl (C=O) groups is 1. The molecule has 0 atom stereocenters. The molecule has 132 valence electrons. The lowest BCUT2D eigenvalue weighted by Crippen LogP contribution is -2.39. The number of pyridine rings is 1. The minimum atomic E-state index is -1.29. The number of aromatic amines is 1. The zero-order valence-electron chi connectivity index (χ0n) is 13.6. The number of carboxylic acids is 1. The Balaban J connectivity index is 1.68. The molecule has 3 N–H and O–H groups in total. The number of anilines is 1. The van der Waals surface area contributed by atoms with Gasteiger partial charge < -0.3 is 15.2 Å². The summed E-state index contributed by atoms with van der Waals surface area (Å²) in [5.74, 6) is -0.626. The topological polar surface area (TPSA) is 120 Å². The number of nitrogens with zero attached hydrogens (tertiary/aromatic N) is 3. The Morgan fingerprint density at radius 1 is 1.36 bits per heavy atom. The molecule has 0 amide bonds. The number of aromatic nitrogens is 3. The van der Waals surface area contributed by atoms with Gasteiger partial charge in [-0.1, -0.05) is 0 Å². The van der Waals surface area contributed by atoms with E-state index < -0.39 is 11.5 Å². The summed E-state index contributed by atoms with van der Waals surface area (Å²) in [5, 5.41) is 18.4. The first-order valence-corrected chi connectivity index (χ1v) is 7.97. The number of hydrogen-bond donors (Lipinski definition) is 3. The minimum Gasteiger partial charge on any atom is -0.477 e. The summed E-state index contributed by atoms with van der Waals surface area (Å²) in [6, 6.07) is 4.74. The van der Waals surface area contributed by atoms with E-state index >= 15 is 0 Å². The Morgan fingerprint density at radius 2 is 2.16 bits per heavy atom. The molecule has 0 saturated carbocycles. The normalized spacial score (nSPS) is 15.0. The molecule has 0 spiro atoms. The molecule has 0 aliphatic carbocycles. The zero-order valence-corrected chi connectivity index (χ0v) is 13.6. The summed E-state index contributed by atoms with van der Waals surface area (Å²) in [6.45, 7) is 4.99. The minimum absolute atomic E-state index is 0.344. The predicted octanol–water partition coefficient (Wildman–Crippen LogP) is 0.274. The van der Waals surface area contributed by atoms with E-state index in [4.69, 9.17) is 9.84 Å². The fraction of sp³-hybridized carbons (Fsp3) is 0.375. The van der Waals surface area contributed by atoms with Gasteiger partial charge in [-0.05, 0) is 18.2 Å². The molecule has 0 radical (unpaired) electrons. The molecular weight excluding hydrogens is 326 g/mol. The van der Waals surface area contributed by atoms with Crippen molar-refractivity contribution in [1.82, 2.24) is 20.1 Å². The predicted molar refractivity (Wildman–Crippen MR) is 90.8 cm³/mol. The van der Waals surface area contributed by atoms with Gasteiger partial charge in [-0.2, -0.15) is 5.10 Å². The second kappa shape index (κ2) is 7.86. The van der Waals surface area contributed by atoms with E-state index in [1.165, 1.54) is 6.07 Å². The Bertz CT molecular complexity index is 801. The summed E-state index contributed by atoms with van der Waals surface area (Å²) in [7, 11) is 0. The highest BCUT2D eigenvalue weighted by Crippen LogP contribution is 2.18. The van der Waals surface area contributed by atoms with Gasteiger partial charge in [-0.3, -0.25) is 9.69 Å². The fourth-order valence-corrected chi connectivity index (χ4v) is 2.57. The maximum atomic E-state index is 11.5. The van der Waals surface area contributed by atoms with Crippen molar-refractivity contribution < 1.29 is 14.6 Å². The van der Waals surface area contributed by atoms with Gasteiger partial charge in [0.25, 0.3) is 5.56 Å². The molecule has 0 bridgehead atoms. The summed E-state index contributed by atoms with van der Waals surface area (Å²) in [6.07, 6.45) is 1.61. The average Bonchev–Trinajstić information content (AvgIpc) is 2.63. The number of ether oxygens (including phenoxy) is 1. The van der Waals surface area contributed by atoms with Gasteiger partial charge in [-0.25, -0.2) is 14.9 Å². The highest BCUT2D eigenvalue weighted by atomic mass is 16.5. The maximum Gasteiger partial charge on any atom is 0.341 e. The van der Waals surface area contributed by atoms with Crippen molar-refractivity contribution in [2.45, 2.75) is 0 Å². The van der Waals surface area contributed by atoms with Crippen LogP contribution in [0.1, 0.15) is 10.4 Å². The lowest BCUT2D eigenvalue weighted by atomic mass is 10.1. The smallest absolute Gasteiger partial charge is 0.341 e. The number of rotatable bonds is 6. The van der Waals surface area contributed by atoms with Gasteiger partial charge in [0.2, 0.25) is 0 Å². The first-order valence-electron chi connectivity index (χ1n) is 7.97. The monoisotopic (exact) mass is 345 g/mol. The summed E-state index contributed by atoms with van der Waals surface area (Å²) >= 11 is 0. The molecule has 2 aromatic heterocycles. The molecule has 9 nitrogen and oxygen atoms in total. The molecule has 3 rings (SSSR count). The average molecular weight is 345 g/mol. The third-order valence-electron chi connectivity index (χ3n) is 3.93. The molecule has 1 saturated heterocycles. The van der Waals surface area contributed by atoms with Gasteiger partial charge in [0.05, 0.1) is 18.9 Å². The number of aromatic carboxylic acids is 1. The summed E-state index contributed by atoms with van der Waals surface area (Å²) < 4.78 is 5.32. The molecular formula is C16H19N5O4. The number of H-pyrrole nitrogens is 1. The fourth-order valence-electron chi connectivity index (χ4n) is 2.57. The van der Waals surface area contributed by atoms with Crippen LogP contribution in [-0.4, -0.2) is 70.5 Å². The summed E-state index contributed by atoms with van der Waals surface area (Å²) in [5.41, 5.74) is -0.0314. The lowest BCUT2D eigenvalue weighted by Gasteiger charge is -2.26. The summed E-state index contributed by atoms with van der Waals surface area (Å²) in [4.78, 5) is 29.1. The van der Waals surface area contributed by atoms with Crippen molar-refractivity contribution in [1.29, 1.82) is 0 Å². The van der Waals surface area contributed by atoms with Crippen LogP contribution in [-0.2, 0) is 4.74 Å². The zero-order chi connectivity index (χ0) is 17.6. The van der Waals surface area contributed by atoms with Crippen LogP contribution in [0.5, 0.6) is 0 Å². The largest absolute Gasteiger partial charge is 0.477 e. The molecule has 25 heavy (non-hydrogen) atoms. The van der Waals surface area contributed by atoms with Gasteiger partial charge in [0, 0.05) is 37.9 Å². The van der Waals surface area contributed by atoms with Crippen molar-refractivity contribution in [3.63, 3.8) is 0 Å². The van der Waals surface area contributed by atoms with E-state index in [-0.39, 0.29) is 5.56 Å². The Morgan fingerprint density at radius 3 is 2.92 bits per heavy atom. The number of morpholine rings is 1. The molecule has 0 unspecified atom stereocenters. The van der Waals surface area contributed by atoms with Gasteiger partial charge in [-0.15, -0.1) is 0 Å². The SMILES string of the molecule is O=C(O)c1cc(-c2ccnc(NCCN3CCOCC3)c2)n[nH]c1=O. The van der Waals surface area contributed by atoms with Crippen molar-refractivity contribution >= 4 is 11.8 Å². The van der Waals surface area contributed by atoms with Crippen LogP contribution in [0.3, 0.4) is 0 Å². The third-order valence-corrected chi connectivity index (χ3v) is 3.93. The van der Waals surface area contributed by atoms with Crippen LogP contribution in [0.15, 0.2) is 29.2 Å². The Hall–Kier alpha value is -2.78. The molecule has 2 aromatic rings. The Kier molecular flexibility index (Phi) is 5.36. The number of hydrogen-bond acceptors (Lipinski definition) is 7. The Labute approximate surface area is 143 Å². The van der Waals surface area contributed by atoms with Crippen molar-refractivity contribution in [2.75, 3.05) is 44.7 Å². The van der Waals surface area contributed by atoms with Crippen LogP contribution in [0.25, 0.3) is 11.3 Å². The van der Waals surface area contributed by atoms with E-state index in [0.29, 0.717) is 17.1 Å². The van der Waals surface area contributed by atoms with Gasteiger partial charge in [0.1, 0.15) is 11.4 Å². The second-order valence-electron chi connectivity index (χ2n) is 5.61. The van der Waals surface area contributed by atoms with E-state index in [1.807, 2.05) is 0 Å². The molecule has 0 aromatic carbocycles. The van der Waals surface area contributed by atoms with Crippen molar-refractivity contribution in [3.05, 3.63) is 40.3 Å². The van der Waals surface area contributed by atoms with E-state index in [1.54, 1.807) is 18.3 Å². The van der Waals surface area contributed by atoms with Crippen LogP contribution >= 0.6 is 0 Å². The van der Waals surface area contributed by atoms with Crippen molar-refractivity contribution in [3.8, 4) is 11.3 Å². The van der Waals surface area contributed by atoms with Gasteiger partial charge >= 0.3 is 5.97 Å². The van der Waals surface area contributed by atoms with Crippen molar-refractivity contribution in [2.24, 2.45) is 0 Å². The third kappa shape index (κ3) is 4.40. The van der Waals surface area contributed by atoms with Crippen LogP contribution in [0.4, 0.5) is 5.82 Å². The number of carboxylic acid groups (broad SMARTS) is 1. The standard InChI is InChI=1S/C16H19N5O4/c22-15-12(16(23)24)10-13(19-20-15)11-1-2-17-14(9-11)18-3-4-21-5-7-25-8-6-21/h1-2,9-10H,3-8H2,(H,17,18)(H,20,22)(H,23,24).